The van der Waals surface area contributed by atoms with E-state index in [1.54, 1.807) is 0 Å². The molecule has 0 radical (unpaired) electrons. The van der Waals surface area contributed by atoms with E-state index in [0.717, 1.165) is 35.7 Å². The molecule has 6 rings (SSSR count). The highest BCUT2D eigenvalue weighted by molar-refractivity contribution is 8.19. The SMILES string of the molecule is C[C@@H]1C[C@H]2C[C@@H]2/C=C/C=C/C2(Cc3cc(O[Si](c4ccccc4)(c4ccccc4)C(C)(C)C)cc(O[Si](C)(C)C(C)(C)C)c3C(=O)O1)SCCCS2. The number of rotatable bonds is 6. The summed E-state index contributed by atoms with van der Waals surface area (Å²) in [4.78, 5) is 14.7. The lowest BCUT2D eigenvalue weighted by molar-refractivity contribution is 0.0308. The van der Waals surface area contributed by atoms with Gasteiger partial charge in [-0.25, -0.2) is 4.79 Å². The van der Waals surface area contributed by atoms with Gasteiger partial charge < -0.3 is 13.6 Å². The van der Waals surface area contributed by atoms with Crippen molar-refractivity contribution >= 4 is 56.5 Å². The monoisotopic (exact) mass is 770 g/mol. The summed E-state index contributed by atoms with van der Waals surface area (Å²) in [6, 6.07) is 25.7. The Labute approximate surface area is 323 Å². The van der Waals surface area contributed by atoms with Crippen LogP contribution in [0.3, 0.4) is 0 Å². The molecule has 1 saturated carbocycles. The molecule has 1 saturated heterocycles. The van der Waals surface area contributed by atoms with Crippen molar-refractivity contribution in [1.82, 2.24) is 0 Å². The van der Waals surface area contributed by atoms with Crippen LogP contribution in [0.5, 0.6) is 11.5 Å². The maximum absolute atomic E-state index is 14.7. The van der Waals surface area contributed by atoms with Crippen molar-refractivity contribution in [2.75, 3.05) is 11.5 Å². The summed E-state index contributed by atoms with van der Waals surface area (Å²) in [7, 11) is -5.41. The van der Waals surface area contributed by atoms with Crippen molar-refractivity contribution in [2.45, 2.75) is 108 Å². The molecule has 0 bridgehead atoms. The molecule has 2 fully saturated rings. The zero-order chi connectivity index (χ0) is 37.4. The summed E-state index contributed by atoms with van der Waals surface area (Å²) in [5.74, 6) is 4.31. The lowest BCUT2D eigenvalue weighted by Gasteiger charge is -2.43. The van der Waals surface area contributed by atoms with Crippen molar-refractivity contribution in [3.63, 3.8) is 0 Å². The molecule has 0 N–H and O–H groups in total. The molecule has 3 atom stereocenters. The molecular formula is C44H58O4S2Si2. The zero-order valence-electron chi connectivity index (χ0n) is 32.7. The molecule has 4 nitrogen and oxygen atoms in total. The van der Waals surface area contributed by atoms with E-state index in [2.05, 4.69) is 146 Å². The van der Waals surface area contributed by atoms with Crippen molar-refractivity contribution in [1.29, 1.82) is 0 Å². The van der Waals surface area contributed by atoms with Crippen LogP contribution in [-0.2, 0) is 11.2 Å². The standard InChI is InChI=1S/C44H58O4S2Si2/c1-32-27-34-28-33(34)19-16-17-24-44(49-25-18-26-50-44)31-35-29-36(30-39(40(35)41(45)46-32)48-51(8,9)42(2,3)4)47-52(43(5,6)7,37-20-12-10-13-21-37)38-22-14-11-15-23-38/h10-17,19-24,29-30,32-34H,18,25-28,31H2,1-9H3/b19-16+,24-17+/t32-,33+,34+/m1/s1. The quantitative estimate of drug-likeness (QED) is 0.184. The second-order valence-electron chi connectivity index (χ2n) is 17.5. The van der Waals surface area contributed by atoms with Gasteiger partial charge in [0.15, 0.2) is 0 Å². The van der Waals surface area contributed by atoms with Gasteiger partial charge in [-0.1, -0.05) is 127 Å². The molecule has 8 heteroatoms. The molecule has 2 aliphatic heterocycles. The molecule has 1 spiro atoms. The van der Waals surface area contributed by atoms with Crippen LogP contribution in [0.15, 0.2) is 97.1 Å². The first-order valence-electron chi connectivity index (χ1n) is 19.0. The lowest BCUT2D eigenvalue weighted by atomic mass is 10.00. The van der Waals surface area contributed by atoms with E-state index >= 15 is 0 Å². The number of carbonyl (C=O) groups is 1. The van der Waals surface area contributed by atoms with Gasteiger partial charge in [-0.15, -0.1) is 23.5 Å². The maximum Gasteiger partial charge on any atom is 0.342 e. The minimum Gasteiger partial charge on any atom is -0.543 e. The Morgan fingerprint density at radius 1 is 0.808 bits per heavy atom. The number of hydrogen-bond acceptors (Lipinski definition) is 6. The van der Waals surface area contributed by atoms with Gasteiger partial charge in [0.05, 0.1) is 10.2 Å². The first kappa shape index (κ1) is 39.0. The van der Waals surface area contributed by atoms with Crippen molar-refractivity contribution in [2.24, 2.45) is 11.8 Å². The predicted octanol–water partition coefficient (Wildman–Crippen LogP) is 10.8. The molecule has 3 aliphatic rings. The minimum absolute atomic E-state index is 0.0835. The number of esters is 1. The summed E-state index contributed by atoms with van der Waals surface area (Å²) in [5.41, 5.74) is 1.49. The zero-order valence-corrected chi connectivity index (χ0v) is 36.3. The Kier molecular flexibility index (Phi) is 11.4. The van der Waals surface area contributed by atoms with Crippen LogP contribution in [0, 0.1) is 11.8 Å². The highest BCUT2D eigenvalue weighted by atomic mass is 32.2. The fourth-order valence-corrected chi connectivity index (χ4v) is 16.0. The van der Waals surface area contributed by atoms with Crippen LogP contribution in [0.1, 0.15) is 83.7 Å². The second kappa shape index (κ2) is 15.2. The number of benzene rings is 3. The Balaban J connectivity index is 1.59. The van der Waals surface area contributed by atoms with Gasteiger partial charge in [-0.2, -0.15) is 0 Å². The van der Waals surface area contributed by atoms with Crippen LogP contribution >= 0.6 is 23.5 Å². The number of ether oxygens (including phenoxy) is 1. The summed E-state index contributed by atoms with van der Waals surface area (Å²) in [5, 5.41) is 2.09. The maximum atomic E-state index is 14.7. The molecular weight excluding hydrogens is 713 g/mol. The fourth-order valence-electron chi connectivity index (χ4n) is 7.43. The third kappa shape index (κ3) is 8.35. The highest BCUT2D eigenvalue weighted by Crippen LogP contribution is 2.50. The fraction of sp³-hybridized carbons (Fsp3) is 0.477. The molecule has 2 heterocycles. The molecule has 1 aliphatic carbocycles. The smallest absolute Gasteiger partial charge is 0.342 e. The van der Waals surface area contributed by atoms with Crippen LogP contribution in [0.4, 0.5) is 0 Å². The Bertz CT molecular complexity index is 1730. The van der Waals surface area contributed by atoms with Gasteiger partial charge in [0.1, 0.15) is 17.1 Å². The molecule has 0 amide bonds. The Morgan fingerprint density at radius 2 is 1.42 bits per heavy atom. The largest absolute Gasteiger partial charge is 0.543 e. The van der Waals surface area contributed by atoms with E-state index in [1.165, 1.54) is 16.8 Å². The molecule has 0 aromatic heterocycles. The van der Waals surface area contributed by atoms with E-state index in [4.69, 9.17) is 13.6 Å². The van der Waals surface area contributed by atoms with Crippen LogP contribution in [0.2, 0.25) is 23.2 Å². The van der Waals surface area contributed by atoms with Crippen molar-refractivity contribution in [3.05, 3.63) is 108 Å². The molecule has 0 unspecified atom stereocenters. The van der Waals surface area contributed by atoms with Gasteiger partial charge in [-0.05, 0) is 94.7 Å². The summed E-state index contributed by atoms with van der Waals surface area (Å²) in [6.45, 7) is 20.2. The average molecular weight is 771 g/mol. The van der Waals surface area contributed by atoms with Gasteiger partial charge in [0, 0.05) is 12.5 Å². The predicted molar refractivity (Wildman–Crippen MR) is 228 cm³/mol. The number of cyclic esters (lactones) is 1. The minimum atomic E-state index is -2.99. The van der Waals surface area contributed by atoms with Gasteiger partial charge >= 0.3 is 14.3 Å². The summed E-state index contributed by atoms with van der Waals surface area (Å²) in [6.07, 6.45) is 12.9. The molecule has 52 heavy (non-hydrogen) atoms. The Morgan fingerprint density at radius 3 is 2.00 bits per heavy atom. The number of hydrogen-bond donors (Lipinski definition) is 0. The molecule has 278 valence electrons. The average Bonchev–Trinajstić information content (AvgIpc) is 3.82. The van der Waals surface area contributed by atoms with Gasteiger partial charge in [-0.3, -0.25) is 0 Å². The first-order chi connectivity index (χ1) is 24.5. The third-order valence-electron chi connectivity index (χ3n) is 11.4. The summed E-state index contributed by atoms with van der Waals surface area (Å²) >= 11 is 3.98. The van der Waals surface area contributed by atoms with Gasteiger partial charge in [0.25, 0.3) is 8.32 Å². The molecule has 3 aromatic rings. The Hall–Kier alpha value is -2.66. The number of thioether (sulfide) groups is 2. The van der Waals surface area contributed by atoms with Crippen LogP contribution in [0.25, 0.3) is 0 Å². The van der Waals surface area contributed by atoms with E-state index in [1.807, 2.05) is 36.5 Å². The second-order valence-corrected chi connectivity index (χ2v) is 29.5. The van der Waals surface area contributed by atoms with E-state index in [0.29, 0.717) is 29.6 Å². The lowest BCUT2D eigenvalue weighted by Crippen LogP contribution is -2.68. The third-order valence-corrected chi connectivity index (χ3v) is 23.9. The number of allylic oxidation sites excluding steroid dienone is 3. The van der Waals surface area contributed by atoms with Crippen molar-refractivity contribution in [3.8, 4) is 11.5 Å². The first-order valence-corrected chi connectivity index (χ1v) is 25.8. The van der Waals surface area contributed by atoms with Gasteiger partial charge in [0.2, 0.25) is 0 Å². The van der Waals surface area contributed by atoms with Crippen LogP contribution < -0.4 is 19.2 Å². The number of fused-ring (bicyclic) bond motifs is 2. The topological polar surface area (TPSA) is 44.8 Å². The van der Waals surface area contributed by atoms with Crippen LogP contribution in [-0.4, -0.2) is 44.3 Å². The summed E-state index contributed by atoms with van der Waals surface area (Å²) < 4.78 is 21.1. The normalized spacial score (nSPS) is 23.7. The molecule has 3 aromatic carbocycles. The van der Waals surface area contributed by atoms with E-state index < -0.39 is 16.6 Å². The van der Waals surface area contributed by atoms with E-state index in [-0.39, 0.29) is 26.2 Å². The highest BCUT2D eigenvalue weighted by Gasteiger charge is 2.52. The number of carbonyl (C=O) groups excluding carboxylic acids is 1. The van der Waals surface area contributed by atoms with Crippen molar-refractivity contribution < 1.29 is 18.4 Å². The van der Waals surface area contributed by atoms with E-state index in [9.17, 15) is 4.79 Å².